The number of hydrogen-bond acceptors (Lipinski definition) is 3. The zero-order valence-electron chi connectivity index (χ0n) is 11.4. The number of amides is 1. The van der Waals surface area contributed by atoms with Crippen molar-refractivity contribution in [1.82, 2.24) is 5.48 Å². The van der Waals surface area contributed by atoms with Crippen LogP contribution in [0.25, 0.3) is 0 Å². The van der Waals surface area contributed by atoms with E-state index < -0.39 is 17.3 Å². The van der Waals surface area contributed by atoms with Crippen molar-refractivity contribution in [3.63, 3.8) is 0 Å². The third kappa shape index (κ3) is 7.19. The van der Waals surface area contributed by atoms with Crippen LogP contribution in [0.1, 0.15) is 40.5 Å². The average molecular weight is 259 g/mol. The van der Waals surface area contributed by atoms with Gasteiger partial charge in [0.1, 0.15) is 12.4 Å². The molecule has 2 N–H and O–H groups in total. The zero-order chi connectivity index (χ0) is 14.2. The second kappa shape index (κ2) is 8.00. The first-order chi connectivity index (χ1) is 8.31. The number of hydroxylamine groups is 1. The highest BCUT2D eigenvalue weighted by molar-refractivity contribution is 5.96. The standard InChI is InChI=1S/C13H22FNO3/c1-5-7-8-10(11(14)6-2)12(16)15-18-9-13(3,4)17/h6,8,17H,5,7,9H2,1-4H3,(H,15,16)/b10-8+,11-6+. The maximum absolute atomic E-state index is 13.5. The second-order valence-electron chi connectivity index (χ2n) is 4.58. The van der Waals surface area contributed by atoms with Crippen LogP contribution in [0.5, 0.6) is 0 Å². The van der Waals surface area contributed by atoms with E-state index in [1.54, 1.807) is 13.8 Å². The summed E-state index contributed by atoms with van der Waals surface area (Å²) in [6.07, 6.45) is 4.17. The molecule has 5 heteroatoms. The summed E-state index contributed by atoms with van der Waals surface area (Å²) in [7, 11) is 0. The van der Waals surface area contributed by atoms with Crippen LogP contribution in [0, 0.1) is 0 Å². The van der Waals surface area contributed by atoms with Gasteiger partial charge >= 0.3 is 0 Å². The number of allylic oxidation sites excluding steroid dienone is 2. The van der Waals surface area contributed by atoms with Crippen LogP contribution in [-0.4, -0.2) is 23.2 Å². The molecule has 0 atom stereocenters. The van der Waals surface area contributed by atoms with Gasteiger partial charge in [-0.05, 0) is 27.2 Å². The van der Waals surface area contributed by atoms with E-state index in [-0.39, 0.29) is 12.2 Å². The van der Waals surface area contributed by atoms with E-state index in [9.17, 15) is 14.3 Å². The van der Waals surface area contributed by atoms with Crippen molar-refractivity contribution in [1.29, 1.82) is 0 Å². The molecule has 0 aromatic heterocycles. The number of carbonyl (C=O) groups excluding carboxylic acids is 1. The molecule has 0 bridgehead atoms. The van der Waals surface area contributed by atoms with Gasteiger partial charge in [-0.1, -0.05) is 25.5 Å². The van der Waals surface area contributed by atoms with E-state index in [1.165, 1.54) is 19.1 Å². The minimum Gasteiger partial charge on any atom is -0.388 e. The van der Waals surface area contributed by atoms with Crippen LogP contribution >= 0.6 is 0 Å². The summed E-state index contributed by atoms with van der Waals surface area (Å²) in [5, 5.41) is 9.39. The minimum absolute atomic E-state index is 0.0462. The fraction of sp³-hybridized carbons (Fsp3) is 0.615. The van der Waals surface area contributed by atoms with Gasteiger partial charge in [-0.2, -0.15) is 0 Å². The number of carbonyl (C=O) groups is 1. The maximum atomic E-state index is 13.5. The van der Waals surface area contributed by atoms with Gasteiger partial charge in [0, 0.05) is 0 Å². The van der Waals surface area contributed by atoms with E-state index in [0.717, 1.165) is 6.42 Å². The van der Waals surface area contributed by atoms with Gasteiger partial charge < -0.3 is 5.11 Å². The predicted octanol–water partition coefficient (Wildman–Crippen LogP) is 2.40. The van der Waals surface area contributed by atoms with E-state index in [0.29, 0.717) is 6.42 Å². The van der Waals surface area contributed by atoms with Gasteiger partial charge in [0.05, 0.1) is 11.2 Å². The first kappa shape index (κ1) is 16.8. The summed E-state index contributed by atoms with van der Waals surface area (Å²) in [6.45, 7) is 6.46. The van der Waals surface area contributed by atoms with E-state index in [4.69, 9.17) is 4.84 Å². The summed E-state index contributed by atoms with van der Waals surface area (Å²) < 4.78 is 13.5. The number of aliphatic hydroxyl groups is 1. The summed E-state index contributed by atoms with van der Waals surface area (Å²) in [5.41, 5.74) is 1.01. The highest BCUT2D eigenvalue weighted by Gasteiger charge is 2.17. The number of halogens is 1. The summed E-state index contributed by atoms with van der Waals surface area (Å²) in [6, 6.07) is 0. The molecule has 0 heterocycles. The van der Waals surface area contributed by atoms with Crippen LogP contribution in [0.4, 0.5) is 4.39 Å². The Labute approximate surface area is 107 Å². The van der Waals surface area contributed by atoms with Crippen LogP contribution in [0.3, 0.4) is 0 Å². The number of nitrogens with one attached hydrogen (secondary N) is 1. The molecule has 0 unspecified atom stereocenters. The van der Waals surface area contributed by atoms with Crippen LogP contribution < -0.4 is 5.48 Å². The fourth-order valence-electron chi connectivity index (χ4n) is 1.08. The van der Waals surface area contributed by atoms with E-state index in [1.807, 2.05) is 6.92 Å². The lowest BCUT2D eigenvalue weighted by molar-refractivity contribution is -0.135. The molecule has 0 saturated carbocycles. The van der Waals surface area contributed by atoms with Gasteiger partial charge in [-0.25, -0.2) is 9.87 Å². The van der Waals surface area contributed by atoms with Gasteiger partial charge in [0.2, 0.25) is 0 Å². The fourth-order valence-corrected chi connectivity index (χ4v) is 1.08. The summed E-state index contributed by atoms with van der Waals surface area (Å²) in [5.74, 6) is -1.24. The molecule has 0 aliphatic heterocycles. The lowest BCUT2D eigenvalue weighted by Gasteiger charge is -2.17. The first-order valence-corrected chi connectivity index (χ1v) is 5.98. The van der Waals surface area contributed by atoms with Gasteiger partial charge in [0.25, 0.3) is 5.91 Å². The Hall–Kier alpha value is -1.20. The Bertz CT molecular complexity index is 330. The monoisotopic (exact) mass is 259 g/mol. The normalized spacial score (nSPS) is 13.7. The molecule has 4 nitrogen and oxygen atoms in total. The lowest BCUT2D eigenvalue weighted by Crippen LogP contribution is -2.34. The molecule has 0 aliphatic rings. The summed E-state index contributed by atoms with van der Waals surface area (Å²) >= 11 is 0. The number of hydrogen-bond donors (Lipinski definition) is 2. The average Bonchev–Trinajstić information content (AvgIpc) is 2.27. The molecule has 1 amide bonds. The van der Waals surface area contributed by atoms with Crippen molar-refractivity contribution >= 4 is 5.91 Å². The van der Waals surface area contributed by atoms with Gasteiger partial charge in [-0.15, -0.1) is 0 Å². The molecule has 0 aromatic carbocycles. The topological polar surface area (TPSA) is 58.6 Å². The number of rotatable bonds is 7. The quantitative estimate of drug-likeness (QED) is 0.419. The maximum Gasteiger partial charge on any atom is 0.277 e. The predicted molar refractivity (Wildman–Crippen MR) is 68.2 cm³/mol. The Morgan fingerprint density at radius 2 is 2.11 bits per heavy atom. The molecule has 0 rings (SSSR count). The molecule has 0 aliphatic carbocycles. The zero-order valence-corrected chi connectivity index (χ0v) is 11.4. The molecule has 0 aromatic rings. The van der Waals surface area contributed by atoms with Crippen LogP contribution in [0.2, 0.25) is 0 Å². The highest BCUT2D eigenvalue weighted by Crippen LogP contribution is 2.13. The molecule has 0 saturated heterocycles. The van der Waals surface area contributed by atoms with Crippen molar-refractivity contribution in [3.05, 3.63) is 23.6 Å². The van der Waals surface area contributed by atoms with E-state index in [2.05, 4.69) is 5.48 Å². The lowest BCUT2D eigenvalue weighted by atomic mass is 10.1. The SMILES string of the molecule is C/C=C(F)\C(=C/CCC)C(=O)NOCC(C)(C)O. The van der Waals surface area contributed by atoms with Crippen molar-refractivity contribution in [2.75, 3.05) is 6.61 Å². The molecule has 18 heavy (non-hydrogen) atoms. The second-order valence-corrected chi connectivity index (χ2v) is 4.58. The first-order valence-electron chi connectivity index (χ1n) is 5.98. The van der Waals surface area contributed by atoms with Crippen molar-refractivity contribution in [2.45, 2.75) is 46.1 Å². The third-order valence-corrected chi connectivity index (χ3v) is 1.98. The molecule has 0 fully saturated rings. The Morgan fingerprint density at radius 3 is 2.56 bits per heavy atom. The molecular weight excluding hydrogens is 237 g/mol. The van der Waals surface area contributed by atoms with Crippen LogP contribution in [-0.2, 0) is 9.63 Å². The third-order valence-electron chi connectivity index (χ3n) is 1.98. The van der Waals surface area contributed by atoms with Crippen molar-refractivity contribution in [3.8, 4) is 0 Å². The smallest absolute Gasteiger partial charge is 0.277 e. The Balaban J connectivity index is 4.50. The number of unbranched alkanes of at least 4 members (excludes halogenated alkanes) is 1. The minimum atomic E-state index is -1.06. The highest BCUT2D eigenvalue weighted by atomic mass is 19.1. The largest absolute Gasteiger partial charge is 0.388 e. The molecule has 0 spiro atoms. The Morgan fingerprint density at radius 1 is 1.50 bits per heavy atom. The van der Waals surface area contributed by atoms with Crippen LogP contribution in [0.15, 0.2) is 23.6 Å². The summed E-state index contributed by atoms with van der Waals surface area (Å²) in [4.78, 5) is 16.5. The molecular formula is C13H22FNO3. The van der Waals surface area contributed by atoms with Crippen molar-refractivity contribution in [2.24, 2.45) is 0 Å². The van der Waals surface area contributed by atoms with Gasteiger partial charge in [0.15, 0.2) is 0 Å². The molecule has 104 valence electrons. The van der Waals surface area contributed by atoms with E-state index >= 15 is 0 Å². The molecule has 0 radical (unpaired) electrons. The van der Waals surface area contributed by atoms with Gasteiger partial charge in [-0.3, -0.25) is 9.63 Å². The Kier molecular flexibility index (Phi) is 7.47. The van der Waals surface area contributed by atoms with Crippen molar-refractivity contribution < 1.29 is 19.1 Å².